The topological polar surface area (TPSA) is 79.4 Å². The Labute approximate surface area is 161 Å². The highest BCUT2D eigenvalue weighted by Crippen LogP contribution is 2.32. The summed E-state index contributed by atoms with van der Waals surface area (Å²) in [5, 5.41) is 9.44. The second-order valence-corrected chi connectivity index (χ2v) is 6.66. The summed E-state index contributed by atoms with van der Waals surface area (Å²) in [6, 6.07) is 9.43. The van der Waals surface area contributed by atoms with Gasteiger partial charge in [0.05, 0.1) is 25.5 Å². The van der Waals surface area contributed by atoms with Crippen LogP contribution in [0.15, 0.2) is 39.9 Å². The molecule has 7 nitrogen and oxygen atoms in total. The monoisotopic (exact) mass is 387 g/mol. The lowest BCUT2D eigenvalue weighted by atomic mass is 10.2. The second-order valence-electron chi connectivity index (χ2n) is 5.71. The van der Waals surface area contributed by atoms with Crippen molar-refractivity contribution in [1.29, 1.82) is 0 Å². The van der Waals surface area contributed by atoms with E-state index in [1.807, 2.05) is 35.8 Å². The minimum atomic E-state index is -0.400. The number of esters is 1. The normalized spacial score (nSPS) is 10.8. The fourth-order valence-corrected chi connectivity index (χ4v) is 3.66. The van der Waals surface area contributed by atoms with Gasteiger partial charge in [0.1, 0.15) is 22.8 Å². The zero-order valence-corrected chi connectivity index (χ0v) is 16.5. The number of aromatic nitrogens is 3. The van der Waals surface area contributed by atoms with Crippen molar-refractivity contribution in [2.24, 2.45) is 0 Å². The predicted octanol–water partition coefficient (Wildman–Crippen LogP) is 3.95. The first-order valence-corrected chi connectivity index (χ1v) is 9.44. The number of rotatable bonds is 7. The quantitative estimate of drug-likeness (QED) is 0.448. The Hall–Kier alpha value is -2.74. The van der Waals surface area contributed by atoms with Crippen LogP contribution in [0.5, 0.6) is 5.75 Å². The van der Waals surface area contributed by atoms with Gasteiger partial charge in [0, 0.05) is 6.54 Å². The van der Waals surface area contributed by atoms with E-state index in [4.69, 9.17) is 13.9 Å². The number of aryl methyl sites for hydroxylation is 1. The van der Waals surface area contributed by atoms with Gasteiger partial charge in [0.2, 0.25) is 0 Å². The first-order chi connectivity index (χ1) is 13.1. The molecule has 0 spiro atoms. The molecule has 0 aliphatic rings. The van der Waals surface area contributed by atoms with Crippen LogP contribution in [0.2, 0.25) is 0 Å². The third-order valence-corrected chi connectivity index (χ3v) is 5.09. The number of methoxy groups -OCH3 is 2. The van der Waals surface area contributed by atoms with Gasteiger partial charge in [-0.25, -0.2) is 4.79 Å². The summed E-state index contributed by atoms with van der Waals surface area (Å²) in [7, 11) is 2.99. The molecule has 0 atom stereocenters. The molecule has 2 aromatic heterocycles. The Kier molecular flexibility index (Phi) is 5.85. The van der Waals surface area contributed by atoms with Gasteiger partial charge in [0.15, 0.2) is 11.0 Å². The number of thioether (sulfide) groups is 1. The van der Waals surface area contributed by atoms with E-state index in [9.17, 15) is 4.79 Å². The Balaban J connectivity index is 1.83. The van der Waals surface area contributed by atoms with E-state index >= 15 is 0 Å². The molecule has 0 aliphatic heterocycles. The fourth-order valence-electron chi connectivity index (χ4n) is 2.77. The van der Waals surface area contributed by atoms with Crippen LogP contribution in [0.1, 0.15) is 28.8 Å². The molecular weight excluding hydrogens is 366 g/mol. The molecule has 0 fully saturated rings. The molecule has 0 N–H and O–H groups in total. The zero-order chi connectivity index (χ0) is 19.4. The maximum atomic E-state index is 11.7. The third-order valence-electron chi connectivity index (χ3n) is 4.10. The minimum absolute atomic E-state index is 0.400. The van der Waals surface area contributed by atoms with E-state index in [2.05, 4.69) is 10.2 Å². The molecule has 27 heavy (non-hydrogen) atoms. The highest BCUT2D eigenvalue weighted by atomic mass is 32.2. The average molecular weight is 387 g/mol. The van der Waals surface area contributed by atoms with Gasteiger partial charge < -0.3 is 18.5 Å². The molecule has 0 saturated carbocycles. The van der Waals surface area contributed by atoms with Crippen LogP contribution in [0.4, 0.5) is 0 Å². The van der Waals surface area contributed by atoms with Gasteiger partial charge in [-0.3, -0.25) is 0 Å². The summed E-state index contributed by atoms with van der Waals surface area (Å²) in [6.07, 6.45) is 0. The molecule has 8 heteroatoms. The third kappa shape index (κ3) is 3.85. The average Bonchev–Trinajstić information content (AvgIpc) is 3.28. The molecule has 0 aliphatic carbocycles. The summed E-state index contributed by atoms with van der Waals surface area (Å²) in [6.45, 7) is 4.50. The van der Waals surface area contributed by atoms with Gasteiger partial charge >= 0.3 is 5.97 Å². The van der Waals surface area contributed by atoms with E-state index in [0.29, 0.717) is 29.4 Å². The highest BCUT2D eigenvalue weighted by Gasteiger charge is 2.19. The van der Waals surface area contributed by atoms with E-state index in [1.165, 1.54) is 18.9 Å². The minimum Gasteiger partial charge on any atom is -0.496 e. The van der Waals surface area contributed by atoms with Gasteiger partial charge in [-0.05, 0) is 32.0 Å². The second kappa shape index (κ2) is 8.30. The molecular formula is C19H21N3O4S. The van der Waals surface area contributed by atoms with Crippen LogP contribution >= 0.6 is 11.8 Å². The molecule has 2 heterocycles. The molecule has 142 valence electrons. The number of furan rings is 1. The van der Waals surface area contributed by atoms with Crippen molar-refractivity contribution < 1.29 is 18.7 Å². The van der Waals surface area contributed by atoms with E-state index in [1.54, 1.807) is 20.1 Å². The number of hydrogen-bond donors (Lipinski definition) is 0. The highest BCUT2D eigenvalue weighted by molar-refractivity contribution is 7.98. The standard InChI is InChI=1S/C19H21N3O4S/c1-5-22-17(14-8-6-7-9-16(14)24-3)20-21-19(22)27-11-13-10-15(12(2)26-13)18(23)25-4/h6-10H,5,11H2,1-4H3. The number of carbonyl (C=O) groups is 1. The van der Waals surface area contributed by atoms with Crippen molar-refractivity contribution >= 4 is 17.7 Å². The van der Waals surface area contributed by atoms with Crippen LogP contribution in [0.25, 0.3) is 11.4 Å². The Morgan fingerprint density at radius 1 is 1.26 bits per heavy atom. The van der Waals surface area contributed by atoms with Gasteiger partial charge in [0.25, 0.3) is 0 Å². The van der Waals surface area contributed by atoms with Crippen LogP contribution < -0.4 is 4.74 Å². The molecule has 0 radical (unpaired) electrons. The van der Waals surface area contributed by atoms with Crippen molar-refractivity contribution in [3.63, 3.8) is 0 Å². The lowest BCUT2D eigenvalue weighted by Gasteiger charge is -2.10. The van der Waals surface area contributed by atoms with Gasteiger partial charge in [-0.2, -0.15) is 0 Å². The SMILES string of the molecule is CCn1c(SCc2cc(C(=O)OC)c(C)o2)nnc1-c1ccccc1OC. The fraction of sp³-hybridized carbons (Fsp3) is 0.316. The number of benzene rings is 1. The van der Waals surface area contributed by atoms with Crippen LogP contribution in [0.3, 0.4) is 0 Å². The zero-order valence-electron chi connectivity index (χ0n) is 15.7. The van der Waals surface area contributed by atoms with E-state index in [0.717, 1.165) is 22.3 Å². The molecule has 0 saturated heterocycles. The molecule has 1 aromatic carbocycles. The Bertz CT molecular complexity index is 948. The summed E-state index contributed by atoms with van der Waals surface area (Å²) >= 11 is 1.50. The van der Waals surface area contributed by atoms with Crippen molar-refractivity contribution in [3.8, 4) is 17.1 Å². The van der Waals surface area contributed by atoms with Crippen molar-refractivity contribution in [2.75, 3.05) is 14.2 Å². The van der Waals surface area contributed by atoms with Crippen molar-refractivity contribution in [2.45, 2.75) is 31.3 Å². The van der Waals surface area contributed by atoms with Crippen molar-refractivity contribution in [1.82, 2.24) is 14.8 Å². The number of nitrogens with zero attached hydrogens (tertiary/aromatic N) is 3. The smallest absolute Gasteiger partial charge is 0.341 e. The van der Waals surface area contributed by atoms with Crippen LogP contribution in [-0.2, 0) is 17.0 Å². The van der Waals surface area contributed by atoms with E-state index in [-0.39, 0.29) is 0 Å². The lowest BCUT2D eigenvalue weighted by molar-refractivity contribution is 0.0599. The van der Waals surface area contributed by atoms with Crippen LogP contribution in [0, 0.1) is 6.92 Å². The van der Waals surface area contributed by atoms with Crippen LogP contribution in [-0.4, -0.2) is 35.0 Å². The maximum absolute atomic E-state index is 11.7. The number of hydrogen-bond acceptors (Lipinski definition) is 7. The summed E-state index contributed by atoms with van der Waals surface area (Å²) in [5.74, 6) is 2.86. The van der Waals surface area contributed by atoms with Gasteiger partial charge in [-0.15, -0.1) is 10.2 Å². The summed E-state index contributed by atoms with van der Waals surface area (Å²) < 4.78 is 17.9. The first kappa shape index (κ1) is 19.0. The Morgan fingerprint density at radius 3 is 2.74 bits per heavy atom. The molecule has 0 bridgehead atoms. The maximum Gasteiger partial charge on any atom is 0.341 e. The van der Waals surface area contributed by atoms with E-state index < -0.39 is 5.97 Å². The number of para-hydroxylation sites is 1. The molecule has 0 unspecified atom stereocenters. The largest absolute Gasteiger partial charge is 0.496 e. The molecule has 3 rings (SSSR count). The lowest BCUT2D eigenvalue weighted by Crippen LogP contribution is -2.01. The molecule has 0 amide bonds. The summed E-state index contributed by atoms with van der Waals surface area (Å²) in [5.41, 5.74) is 1.34. The Morgan fingerprint density at radius 2 is 2.04 bits per heavy atom. The number of carbonyl (C=O) groups excluding carboxylic acids is 1. The molecule has 3 aromatic rings. The summed E-state index contributed by atoms with van der Waals surface area (Å²) in [4.78, 5) is 11.7. The number of ether oxygens (including phenoxy) is 2. The van der Waals surface area contributed by atoms with Gasteiger partial charge in [-0.1, -0.05) is 23.9 Å². The predicted molar refractivity (Wildman–Crippen MR) is 102 cm³/mol. The first-order valence-electron chi connectivity index (χ1n) is 8.46. The van der Waals surface area contributed by atoms with Crippen molar-refractivity contribution in [3.05, 3.63) is 47.4 Å².